The van der Waals surface area contributed by atoms with E-state index in [0.717, 1.165) is 25.2 Å². The molecular weight excluding hydrogens is 342 g/mol. The zero-order chi connectivity index (χ0) is 17.4. The van der Waals surface area contributed by atoms with Gasteiger partial charge in [-0.3, -0.25) is 14.3 Å². The summed E-state index contributed by atoms with van der Waals surface area (Å²) in [6, 6.07) is 3.58. The van der Waals surface area contributed by atoms with Crippen LogP contribution in [0.3, 0.4) is 0 Å². The van der Waals surface area contributed by atoms with Crippen LogP contribution in [0.1, 0.15) is 28.4 Å². The zero-order valence-corrected chi connectivity index (χ0v) is 14.5. The molecule has 1 fully saturated rings. The van der Waals surface area contributed by atoms with E-state index < -0.39 is 0 Å². The normalized spacial score (nSPS) is 21.6. The van der Waals surface area contributed by atoms with Crippen molar-refractivity contribution < 1.29 is 4.79 Å². The molecule has 2 atom stereocenters. The Kier molecular flexibility index (Phi) is 4.35. The monoisotopic (exact) mass is 361 g/mol. The Morgan fingerprint density at radius 2 is 2.28 bits per heavy atom. The van der Waals surface area contributed by atoms with Gasteiger partial charge in [-0.1, -0.05) is 11.6 Å². The maximum absolute atomic E-state index is 12.8. The van der Waals surface area contributed by atoms with Gasteiger partial charge in [0, 0.05) is 37.4 Å². The number of fused-ring (bicyclic) bond motifs is 4. The van der Waals surface area contributed by atoms with Gasteiger partial charge >= 0.3 is 0 Å². The third-order valence-electron chi connectivity index (χ3n) is 4.98. The molecule has 2 aliphatic heterocycles. The maximum atomic E-state index is 12.8. The van der Waals surface area contributed by atoms with Crippen LogP contribution in [0.4, 0.5) is 0 Å². The Hall–Kier alpha value is -2.12. The minimum atomic E-state index is -0.340. The second-order valence-electron chi connectivity index (χ2n) is 6.72. The number of halogens is 1. The number of carbonyl (C=O) groups is 1. The molecule has 4 heterocycles. The summed E-state index contributed by atoms with van der Waals surface area (Å²) in [7, 11) is 0. The fourth-order valence-electron chi connectivity index (χ4n) is 3.80. The number of nitrogens with one attached hydrogen (secondary N) is 2. The van der Waals surface area contributed by atoms with Gasteiger partial charge in [-0.25, -0.2) is 0 Å². The van der Waals surface area contributed by atoms with Crippen molar-refractivity contribution in [2.24, 2.45) is 5.92 Å². The van der Waals surface area contributed by atoms with Gasteiger partial charge < -0.3 is 15.2 Å². The van der Waals surface area contributed by atoms with Crippen LogP contribution in [-0.2, 0) is 13.1 Å². The van der Waals surface area contributed by atoms with E-state index in [4.69, 9.17) is 11.6 Å². The number of aromatic nitrogens is 3. The molecule has 1 saturated heterocycles. The third-order valence-corrected chi connectivity index (χ3v) is 5.18. The van der Waals surface area contributed by atoms with Crippen molar-refractivity contribution >= 4 is 17.5 Å². The van der Waals surface area contributed by atoms with Crippen molar-refractivity contribution in [3.05, 3.63) is 51.2 Å². The van der Waals surface area contributed by atoms with Gasteiger partial charge in [-0.15, -0.1) is 0 Å². The fourth-order valence-corrected chi connectivity index (χ4v) is 3.96. The lowest BCUT2D eigenvalue weighted by atomic mass is 9.84. The Labute approximate surface area is 150 Å². The van der Waals surface area contributed by atoms with Crippen LogP contribution < -0.4 is 16.2 Å². The number of hydrogen-bond donors (Lipinski definition) is 2. The molecule has 4 rings (SSSR count). The lowest BCUT2D eigenvalue weighted by molar-refractivity contribution is 0.0949. The fraction of sp³-hybridized carbons (Fsp3) is 0.471. The summed E-state index contributed by atoms with van der Waals surface area (Å²) in [6.07, 6.45) is 4.35. The molecule has 2 aliphatic rings. The van der Waals surface area contributed by atoms with Gasteiger partial charge in [0.15, 0.2) is 0 Å². The van der Waals surface area contributed by atoms with Crippen LogP contribution in [-0.4, -0.2) is 39.9 Å². The van der Waals surface area contributed by atoms with E-state index >= 15 is 0 Å². The van der Waals surface area contributed by atoms with Crippen LogP contribution in [0.15, 0.2) is 29.3 Å². The highest BCUT2D eigenvalue weighted by atomic mass is 35.5. The average Bonchev–Trinajstić information content (AvgIpc) is 3.01. The van der Waals surface area contributed by atoms with E-state index in [1.807, 2.05) is 6.07 Å². The van der Waals surface area contributed by atoms with Crippen LogP contribution in [0.5, 0.6) is 0 Å². The Morgan fingerprint density at radius 3 is 3.08 bits per heavy atom. The Bertz CT molecular complexity index is 859. The molecule has 0 aromatic carbocycles. The predicted octanol–water partition coefficient (Wildman–Crippen LogP) is 0.835. The summed E-state index contributed by atoms with van der Waals surface area (Å²) in [4.78, 5) is 25.2. The molecule has 25 heavy (non-hydrogen) atoms. The van der Waals surface area contributed by atoms with E-state index in [1.54, 1.807) is 27.7 Å². The minimum absolute atomic E-state index is 0.186. The SMILES string of the molecule is O=C(NCCn1cc(Cl)cn1)c1ccc2n(c1=O)C[C@@H]1CNC[C@H]2C1. The summed E-state index contributed by atoms with van der Waals surface area (Å²) in [6.45, 7) is 3.40. The standard InChI is InChI=1S/C17H20ClN5O2/c18-13-8-21-22(10-13)4-3-20-16(24)14-1-2-15-12-5-11(6-19-7-12)9-23(15)17(14)25/h1-2,8,10-12,19H,3-7,9H2,(H,20,24)/t11-,12+/m0/s1. The molecule has 132 valence electrons. The van der Waals surface area contributed by atoms with Crippen molar-refractivity contribution in [3.63, 3.8) is 0 Å². The molecule has 0 radical (unpaired) electrons. The second-order valence-corrected chi connectivity index (χ2v) is 7.16. The van der Waals surface area contributed by atoms with E-state index in [0.29, 0.717) is 36.5 Å². The van der Waals surface area contributed by atoms with Gasteiger partial charge in [-0.05, 0) is 31.0 Å². The first-order chi connectivity index (χ1) is 12.1. The molecule has 8 heteroatoms. The van der Waals surface area contributed by atoms with Gasteiger partial charge in [0.1, 0.15) is 5.56 Å². The molecule has 1 amide bonds. The first-order valence-electron chi connectivity index (χ1n) is 8.52. The molecule has 0 saturated carbocycles. The summed E-state index contributed by atoms with van der Waals surface area (Å²) in [5.74, 6) is 0.487. The van der Waals surface area contributed by atoms with E-state index in [1.165, 1.54) is 0 Å². The molecule has 0 spiro atoms. The smallest absolute Gasteiger partial charge is 0.263 e. The van der Waals surface area contributed by atoms with Crippen molar-refractivity contribution in [1.29, 1.82) is 0 Å². The Morgan fingerprint density at radius 1 is 1.40 bits per heavy atom. The Balaban J connectivity index is 1.48. The highest BCUT2D eigenvalue weighted by molar-refractivity contribution is 6.30. The molecule has 0 aliphatic carbocycles. The van der Waals surface area contributed by atoms with Gasteiger partial charge in [-0.2, -0.15) is 5.10 Å². The minimum Gasteiger partial charge on any atom is -0.350 e. The molecule has 7 nitrogen and oxygen atoms in total. The average molecular weight is 362 g/mol. The number of pyridine rings is 1. The summed E-state index contributed by atoms with van der Waals surface area (Å²) >= 11 is 5.81. The zero-order valence-electron chi connectivity index (χ0n) is 13.7. The molecular formula is C17H20ClN5O2. The van der Waals surface area contributed by atoms with Crippen molar-refractivity contribution in [2.45, 2.75) is 25.4 Å². The van der Waals surface area contributed by atoms with Crippen molar-refractivity contribution in [1.82, 2.24) is 25.0 Å². The van der Waals surface area contributed by atoms with Crippen LogP contribution in [0.25, 0.3) is 0 Å². The predicted molar refractivity (Wildman–Crippen MR) is 94.0 cm³/mol. The van der Waals surface area contributed by atoms with Gasteiger partial charge in [0.25, 0.3) is 11.5 Å². The van der Waals surface area contributed by atoms with Gasteiger partial charge in [0.05, 0.1) is 17.8 Å². The first kappa shape index (κ1) is 16.4. The highest BCUT2D eigenvalue weighted by Gasteiger charge is 2.31. The first-order valence-corrected chi connectivity index (χ1v) is 8.90. The van der Waals surface area contributed by atoms with Crippen LogP contribution in [0.2, 0.25) is 5.02 Å². The van der Waals surface area contributed by atoms with Crippen LogP contribution >= 0.6 is 11.6 Å². The molecule has 0 unspecified atom stereocenters. The van der Waals surface area contributed by atoms with E-state index in [2.05, 4.69) is 15.7 Å². The van der Waals surface area contributed by atoms with Crippen molar-refractivity contribution in [3.8, 4) is 0 Å². The number of rotatable bonds is 4. The molecule has 2 N–H and O–H groups in total. The largest absolute Gasteiger partial charge is 0.350 e. The third kappa shape index (κ3) is 3.21. The lowest BCUT2D eigenvalue weighted by Crippen LogP contribution is -2.46. The molecule has 2 aromatic heterocycles. The number of carbonyl (C=O) groups excluding carboxylic acids is 1. The van der Waals surface area contributed by atoms with Gasteiger partial charge in [0.2, 0.25) is 0 Å². The quantitative estimate of drug-likeness (QED) is 0.845. The summed E-state index contributed by atoms with van der Waals surface area (Å²) in [5.41, 5.74) is 1.06. The highest BCUT2D eigenvalue weighted by Crippen LogP contribution is 2.31. The molecule has 2 aromatic rings. The van der Waals surface area contributed by atoms with E-state index in [-0.39, 0.29) is 17.0 Å². The number of hydrogen-bond acceptors (Lipinski definition) is 4. The maximum Gasteiger partial charge on any atom is 0.263 e. The summed E-state index contributed by atoms with van der Waals surface area (Å²) in [5, 5.41) is 10.8. The topological polar surface area (TPSA) is 81.0 Å². The molecule has 2 bridgehead atoms. The van der Waals surface area contributed by atoms with E-state index in [9.17, 15) is 9.59 Å². The second kappa shape index (κ2) is 6.65. The number of piperidine rings is 1. The van der Waals surface area contributed by atoms with Crippen LogP contribution in [0, 0.1) is 5.92 Å². The van der Waals surface area contributed by atoms with Crippen molar-refractivity contribution in [2.75, 3.05) is 19.6 Å². The number of nitrogens with zero attached hydrogens (tertiary/aromatic N) is 3. The summed E-state index contributed by atoms with van der Waals surface area (Å²) < 4.78 is 3.44. The number of amides is 1. The lowest BCUT2D eigenvalue weighted by Gasteiger charge is -2.37.